The van der Waals surface area contributed by atoms with Gasteiger partial charge in [0.1, 0.15) is 0 Å². The molecule has 1 spiro atoms. The molecular formula is C82H60N2. The number of hydrogen-bond donors (Lipinski definition) is 0. The Morgan fingerprint density at radius 1 is 0.250 bits per heavy atom. The van der Waals surface area contributed by atoms with Crippen LogP contribution < -0.4 is 0 Å². The van der Waals surface area contributed by atoms with Gasteiger partial charge in [-0.1, -0.05) is 250 Å². The molecule has 0 amide bonds. The first-order valence-electron chi connectivity index (χ1n) is 29.8. The van der Waals surface area contributed by atoms with Crippen molar-refractivity contribution in [1.29, 1.82) is 0 Å². The maximum Gasteiger partial charge on any atom is 0.0541 e. The summed E-state index contributed by atoms with van der Waals surface area (Å²) < 4.78 is 4.74. The fraction of sp³-hybridized carbons (Fsp3) is 0.0732. The Hall–Kier alpha value is -10.3. The zero-order chi connectivity index (χ0) is 55.6. The van der Waals surface area contributed by atoms with Crippen molar-refractivity contribution < 1.29 is 0 Å². The minimum absolute atomic E-state index is 0.0382. The third-order valence-electron chi connectivity index (χ3n) is 18.4. The van der Waals surface area contributed by atoms with Crippen LogP contribution in [0.1, 0.15) is 65.5 Å². The molecule has 0 aliphatic heterocycles. The number of nitrogens with zero attached hydrogens (tertiary/aromatic N) is 2. The summed E-state index contributed by atoms with van der Waals surface area (Å²) in [6.07, 6.45) is 15.1. The van der Waals surface area contributed by atoms with Crippen molar-refractivity contribution in [2.75, 3.05) is 0 Å². The first-order chi connectivity index (χ1) is 41.6. The second kappa shape index (κ2) is 20.6. The normalized spacial score (nSPS) is 13.7. The summed E-state index contributed by atoms with van der Waals surface area (Å²) in [5.41, 5.74) is 27.9. The minimum atomic E-state index is 0.0382. The van der Waals surface area contributed by atoms with E-state index in [1.54, 1.807) is 0 Å². The van der Waals surface area contributed by atoms with Crippen LogP contribution in [0.4, 0.5) is 0 Å². The highest BCUT2D eigenvalue weighted by atomic mass is 15.0. The highest BCUT2D eigenvalue weighted by Crippen LogP contribution is 2.57. The van der Waals surface area contributed by atoms with E-state index in [0.29, 0.717) is 0 Å². The summed E-state index contributed by atoms with van der Waals surface area (Å²) in [6, 6.07) is 103. The van der Waals surface area contributed by atoms with E-state index in [4.69, 9.17) is 0 Å². The van der Waals surface area contributed by atoms with Gasteiger partial charge in [0.05, 0.1) is 22.1 Å². The Balaban J connectivity index is 0.601. The largest absolute Gasteiger partial charge is 0.309 e. The van der Waals surface area contributed by atoms with Gasteiger partial charge in [-0.25, -0.2) is 0 Å². The molecular weight excluding hydrogens is 1010 g/mol. The van der Waals surface area contributed by atoms with Gasteiger partial charge in [-0.05, 0) is 175 Å². The molecule has 1 saturated carbocycles. The summed E-state index contributed by atoms with van der Waals surface area (Å²) in [6.45, 7) is 0. The van der Waals surface area contributed by atoms with Gasteiger partial charge in [-0.3, -0.25) is 0 Å². The lowest BCUT2D eigenvalue weighted by molar-refractivity contribution is 0.353. The Labute approximate surface area is 491 Å². The van der Waals surface area contributed by atoms with Crippen LogP contribution in [-0.4, -0.2) is 9.13 Å². The van der Waals surface area contributed by atoms with E-state index in [-0.39, 0.29) is 5.41 Å². The molecule has 2 aromatic heterocycles. The van der Waals surface area contributed by atoms with Crippen molar-refractivity contribution in [2.45, 2.75) is 37.5 Å². The molecule has 2 aliphatic carbocycles. The summed E-state index contributed by atoms with van der Waals surface area (Å²) in [5, 5.41) is 5.07. The molecule has 0 N–H and O–H groups in total. The van der Waals surface area contributed by atoms with Crippen LogP contribution in [0.3, 0.4) is 0 Å². The molecule has 0 unspecified atom stereocenters. The quantitative estimate of drug-likeness (QED) is 0.121. The van der Waals surface area contributed by atoms with Crippen molar-refractivity contribution in [3.63, 3.8) is 0 Å². The van der Waals surface area contributed by atoms with Crippen molar-refractivity contribution >= 4 is 67.9 Å². The topological polar surface area (TPSA) is 9.86 Å². The standard InChI is InChI=1S/C82H60N2/c1-4-14-68(15-5-1)83-78-20-10-8-18-72(78)74-52-64(44-48-80(74)83)60-34-26-56(27-35-60)22-24-58-30-38-62(39-31-58)66-42-46-70-71-47-43-67(55-77(71)82(76(70)54-66)50-12-3-13-51-82)63-40-32-59(33-41-63)25-23-57-28-36-61(37-29-57)65-45-49-81-75(53-65)73-19-9-11-21-79(73)84(81)69-16-6-2-7-17-69/h1-2,4-11,14-49,52-55H,3,12-13,50-51H2/b24-22+,25-23+. The molecule has 2 heterocycles. The molecule has 398 valence electrons. The predicted molar refractivity (Wildman–Crippen MR) is 357 cm³/mol. The van der Waals surface area contributed by atoms with Gasteiger partial charge in [0.2, 0.25) is 0 Å². The van der Waals surface area contributed by atoms with Gasteiger partial charge in [-0.15, -0.1) is 0 Å². The number of benzene rings is 12. The number of hydrogen-bond acceptors (Lipinski definition) is 0. The second-order valence-electron chi connectivity index (χ2n) is 23.2. The van der Waals surface area contributed by atoms with Gasteiger partial charge < -0.3 is 9.13 Å². The summed E-state index contributed by atoms with van der Waals surface area (Å²) in [4.78, 5) is 0. The van der Waals surface area contributed by atoms with Gasteiger partial charge >= 0.3 is 0 Å². The van der Waals surface area contributed by atoms with Crippen LogP contribution in [0.25, 0.3) is 135 Å². The predicted octanol–water partition coefficient (Wildman–Crippen LogP) is 22.1. The van der Waals surface area contributed by atoms with Crippen LogP contribution in [0.5, 0.6) is 0 Å². The maximum absolute atomic E-state index is 2.53. The highest BCUT2D eigenvalue weighted by molar-refractivity contribution is 6.11. The van der Waals surface area contributed by atoms with Crippen LogP contribution in [0.2, 0.25) is 0 Å². The van der Waals surface area contributed by atoms with E-state index in [1.165, 1.54) is 176 Å². The Bertz CT molecular complexity index is 4550. The average molecular weight is 1070 g/mol. The van der Waals surface area contributed by atoms with E-state index in [1.807, 2.05) is 0 Å². The first-order valence-corrected chi connectivity index (χ1v) is 29.8. The molecule has 0 bridgehead atoms. The Morgan fingerprint density at radius 2 is 0.560 bits per heavy atom. The molecule has 0 saturated heterocycles. The number of para-hydroxylation sites is 4. The maximum atomic E-state index is 2.53. The van der Waals surface area contributed by atoms with Crippen LogP contribution in [0, 0.1) is 0 Å². The Morgan fingerprint density at radius 3 is 0.940 bits per heavy atom. The highest BCUT2D eigenvalue weighted by Gasteiger charge is 2.44. The summed E-state index contributed by atoms with van der Waals surface area (Å²) in [7, 11) is 0. The summed E-state index contributed by atoms with van der Waals surface area (Å²) in [5.74, 6) is 0. The zero-order valence-electron chi connectivity index (χ0n) is 46.8. The molecule has 0 radical (unpaired) electrons. The number of fused-ring (bicyclic) bond motifs is 11. The van der Waals surface area contributed by atoms with E-state index in [2.05, 4.69) is 312 Å². The molecule has 14 aromatic rings. The van der Waals surface area contributed by atoms with E-state index >= 15 is 0 Å². The molecule has 0 atom stereocenters. The minimum Gasteiger partial charge on any atom is -0.309 e. The lowest BCUT2D eigenvalue weighted by Gasteiger charge is -2.36. The summed E-state index contributed by atoms with van der Waals surface area (Å²) >= 11 is 0. The van der Waals surface area contributed by atoms with Gasteiger partial charge in [0.25, 0.3) is 0 Å². The number of rotatable bonds is 10. The molecule has 84 heavy (non-hydrogen) atoms. The molecule has 2 aliphatic rings. The lowest BCUT2D eigenvalue weighted by Crippen LogP contribution is -2.28. The second-order valence-corrected chi connectivity index (χ2v) is 23.2. The monoisotopic (exact) mass is 1070 g/mol. The van der Waals surface area contributed by atoms with Crippen LogP contribution in [0.15, 0.2) is 279 Å². The fourth-order valence-corrected chi connectivity index (χ4v) is 14.1. The third-order valence-corrected chi connectivity index (χ3v) is 18.4. The first kappa shape index (κ1) is 49.5. The third kappa shape index (κ3) is 8.64. The van der Waals surface area contributed by atoms with Crippen LogP contribution in [-0.2, 0) is 5.41 Å². The van der Waals surface area contributed by atoms with Crippen molar-refractivity contribution in [1.82, 2.24) is 9.13 Å². The van der Waals surface area contributed by atoms with E-state index < -0.39 is 0 Å². The molecule has 1 fully saturated rings. The van der Waals surface area contributed by atoms with E-state index in [9.17, 15) is 0 Å². The average Bonchev–Trinajstić information content (AvgIpc) is 2.34. The van der Waals surface area contributed by atoms with Gasteiger partial charge in [0.15, 0.2) is 0 Å². The van der Waals surface area contributed by atoms with Crippen molar-refractivity contribution in [3.8, 4) is 67.0 Å². The molecule has 2 heteroatoms. The SMILES string of the molecule is C(=C\c1ccc(-c2ccc3c(c2)c2ccccc2n3-c2ccccc2)cc1)/c1ccc(-c2ccc3c(c2)C2(CCCCC2)c2cc(-c4ccc(/C=C/c5ccc(-c6ccc7c(c6)c6ccccc6n7-c6ccccc6)cc5)cc4)ccc2-3)cc1. The van der Waals surface area contributed by atoms with Gasteiger partial charge in [-0.2, -0.15) is 0 Å². The molecule has 12 aromatic carbocycles. The number of aromatic nitrogens is 2. The zero-order valence-corrected chi connectivity index (χ0v) is 46.8. The van der Waals surface area contributed by atoms with Crippen molar-refractivity contribution in [3.05, 3.63) is 312 Å². The van der Waals surface area contributed by atoms with Gasteiger partial charge in [0, 0.05) is 38.3 Å². The lowest BCUT2D eigenvalue weighted by atomic mass is 9.67. The van der Waals surface area contributed by atoms with Crippen molar-refractivity contribution in [2.24, 2.45) is 0 Å². The smallest absolute Gasteiger partial charge is 0.0541 e. The Kier molecular flexibility index (Phi) is 12.2. The molecule has 2 nitrogen and oxygen atoms in total. The van der Waals surface area contributed by atoms with E-state index in [0.717, 1.165) is 0 Å². The van der Waals surface area contributed by atoms with Crippen LogP contribution >= 0.6 is 0 Å². The fourth-order valence-electron chi connectivity index (χ4n) is 14.1. The molecule has 16 rings (SSSR count).